The minimum absolute atomic E-state index is 0.486. The molecule has 0 aliphatic carbocycles. The second-order valence-corrected chi connectivity index (χ2v) is 6.34. The third-order valence-corrected chi connectivity index (χ3v) is 4.59. The molecule has 23 heavy (non-hydrogen) atoms. The molecule has 1 unspecified atom stereocenters. The summed E-state index contributed by atoms with van der Waals surface area (Å²) in [5.41, 5.74) is 2.35. The Morgan fingerprint density at radius 1 is 1.13 bits per heavy atom. The highest BCUT2D eigenvalue weighted by Crippen LogP contribution is 2.17. The van der Waals surface area contributed by atoms with Crippen LogP contribution in [0, 0.1) is 0 Å². The summed E-state index contributed by atoms with van der Waals surface area (Å²) >= 11 is 5.92. The summed E-state index contributed by atoms with van der Waals surface area (Å²) in [6, 6.07) is 15.0. The normalized spacial score (nSPS) is 17.0. The van der Waals surface area contributed by atoms with Crippen molar-refractivity contribution in [3.8, 4) is 0 Å². The minimum atomic E-state index is 0.486. The number of anilines is 2. The Balaban J connectivity index is 1.47. The molecule has 2 heterocycles. The number of nitrogens with one attached hydrogen (secondary N) is 1. The average molecular weight is 331 g/mol. The first kappa shape index (κ1) is 16.1. The van der Waals surface area contributed by atoms with Crippen LogP contribution in [0.2, 0.25) is 5.15 Å². The molecule has 0 spiro atoms. The minimum Gasteiger partial charge on any atom is -0.383 e. The monoisotopic (exact) mass is 330 g/mol. The number of para-hydroxylation sites is 1. The van der Waals surface area contributed by atoms with E-state index in [1.165, 1.54) is 5.69 Å². The Bertz CT molecular complexity index is 611. The zero-order valence-corrected chi connectivity index (χ0v) is 14.2. The number of aromatic nitrogens is 1. The molecule has 1 saturated heterocycles. The van der Waals surface area contributed by atoms with E-state index < -0.39 is 0 Å². The van der Waals surface area contributed by atoms with Gasteiger partial charge in [0.15, 0.2) is 0 Å². The third kappa shape index (κ3) is 4.36. The molecule has 1 aromatic carbocycles. The van der Waals surface area contributed by atoms with E-state index in [0.29, 0.717) is 11.2 Å². The van der Waals surface area contributed by atoms with Crippen LogP contribution in [0.3, 0.4) is 0 Å². The maximum Gasteiger partial charge on any atom is 0.131 e. The van der Waals surface area contributed by atoms with Gasteiger partial charge < -0.3 is 10.2 Å². The van der Waals surface area contributed by atoms with Gasteiger partial charge in [-0.3, -0.25) is 4.90 Å². The first-order valence-electron chi connectivity index (χ1n) is 8.12. The van der Waals surface area contributed by atoms with E-state index >= 15 is 0 Å². The van der Waals surface area contributed by atoms with Gasteiger partial charge in [0.05, 0.1) is 0 Å². The van der Waals surface area contributed by atoms with Gasteiger partial charge in [-0.25, -0.2) is 4.98 Å². The molecule has 0 radical (unpaired) electrons. The van der Waals surface area contributed by atoms with Crippen molar-refractivity contribution in [2.45, 2.75) is 13.0 Å². The third-order valence-electron chi connectivity index (χ3n) is 4.39. The van der Waals surface area contributed by atoms with Crippen molar-refractivity contribution in [2.24, 2.45) is 0 Å². The van der Waals surface area contributed by atoms with Crippen molar-refractivity contribution in [2.75, 3.05) is 42.9 Å². The molecule has 1 atom stereocenters. The summed E-state index contributed by atoms with van der Waals surface area (Å²) in [6.45, 7) is 7.52. The van der Waals surface area contributed by atoms with Crippen molar-refractivity contribution < 1.29 is 0 Å². The molecule has 2 aromatic rings. The molecule has 1 aliphatic rings. The molecule has 122 valence electrons. The van der Waals surface area contributed by atoms with Gasteiger partial charge in [-0.15, -0.1) is 0 Å². The fourth-order valence-corrected chi connectivity index (χ4v) is 3.14. The summed E-state index contributed by atoms with van der Waals surface area (Å²) < 4.78 is 0. The quantitative estimate of drug-likeness (QED) is 0.852. The lowest BCUT2D eigenvalue weighted by molar-refractivity contribution is 0.204. The molecule has 0 amide bonds. The summed E-state index contributed by atoms with van der Waals surface area (Å²) in [6.07, 6.45) is 1.73. The Morgan fingerprint density at radius 3 is 2.57 bits per heavy atom. The van der Waals surface area contributed by atoms with E-state index in [-0.39, 0.29) is 0 Å². The lowest BCUT2D eigenvalue weighted by atomic mass is 10.2. The van der Waals surface area contributed by atoms with Gasteiger partial charge in [0, 0.05) is 56.3 Å². The molecule has 1 fully saturated rings. The van der Waals surface area contributed by atoms with Gasteiger partial charge in [0.25, 0.3) is 0 Å². The molecule has 3 rings (SSSR count). The highest BCUT2D eigenvalue weighted by molar-refractivity contribution is 6.29. The van der Waals surface area contributed by atoms with Gasteiger partial charge in [-0.1, -0.05) is 29.8 Å². The van der Waals surface area contributed by atoms with Crippen LogP contribution in [0.5, 0.6) is 0 Å². The number of pyridine rings is 1. The Kier molecular flexibility index (Phi) is 5.36. The fourth-order valence-electron chi connectivity index (χ4n) is 2.97. The summed E-state index contributed by atoms with van der Waals surface area (Å²) in [4.78, 5) is 9.00. The zero-order chi connectivity index (χ0) is 16.1. The topological polar surface area (TPSA) is 31.4 Å². The van der Waals surface area contributed by atoms with Crippen LogP contribution in [0.25, 0.3) is 0 Å². The fraction of sp³-hybridized carbons (Fsp3) is 0.389. The molecule has 1 aromatic heterocycles. The number of rotatable bonds is 5. The van der Waals surface area contributed by atoms with Crippen LogP contribution in [0.4, 0.5) is 11.4 Å². The van der Waals surface area contributed by atoms with E-state index in [0.717, 1.165) is 38.4 Å². The second kappa shape index (κ2) is 7.66. The van der Waals surface area contributed by atoms with Crippen LogP contribution in [0.1, 0.15) is 6.92 Å². The summed E-state index contributed by atoms with van der Waals surface area (Å²) in [5, 5.41) is 3.97. The highest BCUT2D eigenvalue weighted by Gasteiger charge is 2.20. The molecule has 0 bridgehead atoms. The Labute approximate surface area is 143 Å². The Hall–Kier alpha value is -1.78. The molecule has 0 saturated carbocycles. The molecular formula is C18H23ClN4. The molecule has 1 aliphatic heterocycles. The zero-order valence-electron chi connectivity index (χ0n) is 13.5. The maximum atomic E-state index is 5.92. The van der Waals surface area contributed by atoms with Crippen molar-refractivity contribution >= 4 is 23.0 Å². The predicted octanol–water partition coefficient (Wildman–Crippen LogP) is 3.36. The van der Waals surface area contributed by atoms with Crippen LogP contribution in [0.15, 0.2) is 48.7 Å². The largest absolute Gasteiger partial charge is 0.383 e. The van der Waals surface area contributed by atoms with Crippen LogP contribution < -0.4 is 10.2 Å². The van der Waals surface area contributed by atoms with Gasteiger partial charge in [-0.05, 0) is 31.2 Å². The van der Waals surface area contributed by atoms with Crippen LogP contribution in [-0.2, 0) is 0 Å². The van der Waals surface area contributed by atoms with Crippen molar-refractivity contribution in [3.05, 3.63) is 53.8 Å². The number of benzene rings is 1. The molecule has 4 nitrogen and oxygen atoms in total. The van der Waals surface area contributed by atoms with E-state index in [4.69, 9.17) is 11.6 Å². The number of hydrogen-bond acceptors (Lipinski definition) is 4. The van der Waals surface area contributed by atoms with E-state index in [1.807, 2.05) is 12.1 Å². The van der Waals surface area contributed by atoms with Gasteiger partial charge in [-0.2, -0.15) is 0 Å². The van der Waals surface area contributed by atoms with E-state index in [1.54, 1.807) is 6.20 Å². The number of hydrogen-bond donors (Lipinski definition) is 1. The van der Waals surface area contributed by atoms with E-state index in [2.05, 4.69) is 57.4 Å². The molecular weight excluding hydrogens is 308 g/mol. The van der Waals surface area contributed by atoms with Crippen molar-refractivity contribution in [1.82, 2.24) is 9.88 Å². The van der Waals surface area contributed by atoms with Crippen molar-refractivity contribution in [3.63, 3.8) is 0 Å². The summed E-state index contributed by atoms with van der Waals surface area (Å²) in [5.74, 6) is 0. The smallest absolute Gasteiger partial charge is 0.131 e. The molecule has 5 heteroatoms. The lowest BCUT2D eigenvalue weighted by Gasteiger charge is -2.39. The van der Waals surface area contributed by atoms with E-state index in [9.17, 15) is 0 Å². The second-order valence-electron chi connectivity index (χ2n) is 5.96. The summed E-state index contributed by atoms with van der Waals surface area (Å²) in [7, 11) is 0. The van der Waals surface area contributed by atoms with Crippen LogP contribution in [-0.4, -0.2) is 48.6 Å². The number of halogens is 1. The number of nitrogens with zero attached hydrogens (tertiary/aromatic N) is 3. The van der Waals surface area contributed by atoms with Crippen LogP contribution >= 0.6 is 11.6 Å². The first-order valence-corrected chi connectivity index (χ1v) is 8.49. The number of piperazine rings is 1. The van der Waals surface area contributed by atoms with Gasteiger partial charge >= 0.3 is 0 Å². The van der Waals surface area contributed by atoms with Crippen molar-refractivity contribution in [1.29, 1.82) is 0 Å². The standard InChI is InChI=1S/C18H23ClN4/c1-15(14-21-16-7-8-20-18(19)13-16)22-9-11-23(12-10-22)17-5-3-2-4-6-17/h2-8,13,15H,9-12,14H2,1H3,(H,20,21). The van der Waals surface area contributed by atoms with Gasteiger partial charge in [0.1, 0.15) is 5.15 Å². The average Bonchev–Trinajstić information content (AvgIpc) is 2.61. The lowest BCUT2D eigenvalue weighted by Crippen LogP contribution is -2.51. The Morgan fingerprint density at radius 2 is 1.87 bits per heavy atom. The predicted molar refractivity (Wildman–Crippen MR) is 97.4 cm³/mol. The molecule has 1 N–H and O–H groups in total. The maximum absolute atomic E-state index is 5.92. The van der Waals surface area contributed by atoms with Gasteiger partial charge in [0.2, 0.25) is 0 Å². The SMILES string of the molecule is CC(CNc1ccnc(Cl)c1)N1CCN(c2ccccc2)CC1. The first-order chi connectivity index (χ1) is 11.2. The highest BCUT2D eigenvalue weighted by atomic mass is 35.5.